The number of carbonyl (C=O) groups excluding carboxylic acids is 2. The SMILES string of the molecule is C=CCc1cc(/C=C2/SC(=O)N(Cc3ccc(I)cc3)C2=O)cc(OCC)c1OCC. The largest absolute Gasteiger partial charge is 0.490 e. The zero-order valence-electron chi connectivity index (χ0n) is 17.5. The maximum absolute atomic E-state index is 12.9. The van der Waals surface area contributed by atoms with Crippen LogP contribution >= 0.6 is 34.4 Å². The van der Waals surface area contributed by atoms with Gasteiger partial charge in [0, 0.05) is 9.13 Å². The number of ether oxygens (including phenoxy) is 2. The van der Waals surface area contributed by atoms with Crippen molar-refractivity contribution in [3.63, 3.8) is 0 Å². The van der Waals surface area contributed by atoms with Crippen LogP contribution in [0.4, 0.5) is 4.79 Å². The summed E-state index contributed by atoms with van der Waals surface area (Å²) in [6.07, 6.45) is 4.14. The van der Waals surface area contributed by atoms with Crippen LogP contribution in [0.3, 0.4) is 0 Å². The standard InChI is InChI=1S/C24H24INO4S/c1-4-7-18-12-17(13-20(29-5-2)22(18)30-6-3)14-21-23(27)26(24(28)31-21)15-16-8-10-19(25)11-9-16/h4,8-14H,1,5-7,15H2,2-3H3/b21-14+. The molecule has 0 N–H and O–H groups in total. The van der Waals surface area contributed by atoms with E-state index < -0.39 is 0 Å². The Morgan fingerprint density at radius 3 is 2.45 bits per heavy atom. The van der Waals surface area contributed by atoms with Crippen molar-refractivity contribution >= 4 is 51.6 Å². The topological polar surface area (TPSA) is 55.8 Å². The molecule has 0 aliphatic carbocycles. The fraction of sp³-hybridized carbons (Fsp3) is 0.250. The lowest BCUT2D eigenvalue weighted by atomic mass is 10.0. The van der Waals surface area contributed by atoms with E-state index in [1.54, 1.807) is 12.2 Å². The van der Waals surface area contributed by atoms with Gasteiger partial charge in [0.1, 0.15) is 0 Å². The van der Waals surface area contributed by atoms with E-state index in [1.807, 2.05) is 50.2 Å². The summed E-state index contributed by atoms with van der Waals surface area (Å²) in [6.45, 7) is 8.91. The Bertz CT molecular complexity index is 1020. The van der Waals surface area contributed by atoms with Gasteiger partial charge in [-0.25, -0.2) is 0 Å². The van der Waals surface area contributed by atoms with Crippen molar-refractivity contribution in [1.82, 2.24) is 4.90 Å². The first-order valence-corrected chi connectivity index (χ1v) is 11.9. The van der Waals surface area contributed by atoms with Gasteiger partial charge in [0.2, 0.25) is 0 Å². The van der Waals surface area contributed by atoms with Gasteiger partial charge in [-0.3, -0.25) is 14.5 Å². The number of halogens is 1. The van der Waals surface area contributed by atoms with E-state index in [4.69, 9.17) is 9.47 Å². The van der Waals surface area contributed by atoms with E-state index in [0.717, 1.165) is 32.0 Å². The predicted octanol–water partition coefficient (Wildman–Crippen LogP) is 6.05. The molecule has 0 saturated carbocycles. The zero-order chi connectivity index (χ0) is 22.4. The summed E-state index contributed by atoms with van der Waals surface area (Å²) in [5, 5.41) is -0.267. The highest BCUT2D eigenvalue weighted by molar-refractivity contribution is 14.1. The van der Waals surface area contributed by atoms with E-state index >= 15 is 0 Å². The van der Waals surface area contributed by atoms with Gasteiger partial charge in [-0.05, 0) is 96.1 Å². The Labute approximate surface area is 200 Å². The third-order valence-electron chi connectivity index (χ3n) is 4.53. The number of thioether (sulfide) groups is 1. The second-order valence-electron chi connectivity index (χ2n) is 6.76. The molecule has 0 spiro atoms. The summed E-state index contributed by atoms with van der Waals surface area (Å²) >= 11 is 3.18. The average molecular weight is 549 g/mol. The van der Waals surface area contributed by atoms with Gasteiger partial charge in [-0.2, -0.15) is 0 Å². The van der Waals surface area contributed by atoms with Crippen LogP contribution in [0.15, 0.2) is 54.0 Å². The number of amides is 2. The normalized spacial score (nSPS) is 14.9. The summed E-state index contributed by atoms with van der Waals surface area (Å²) in [7, 11) is 0. The van der Waals surface area contributed by atoms with E-state index in [2.05, 4.69) is 29.2 Å². The van der Waals surface area contributed by atoms with Crippen molar-refractivity contribution in [3.8, 4) is 11.5 Å². The second-order valence-corrected chi connectivity index (χ2v) is 9.00. The van der Waals surface area contributed by atoms with E-state index in [1.165, 1.54) is 4.90 Å². The summed E-state index contributed by atoms with van der Waals surface area (Å²) < 4.78 is 12.7. The molecule has 0 unspecified atom stereocenters. The molecule has 2 aromatic carbocycles. The molecule has 1 saturated heterocycles. The fourth-order valence-electron chi connectivity index (χ4n) is 3.20. The molecule has 2 aromatic rings. The molecule has 31 heavy (non-hydrogen) atoms. The number of benzene rings is 2. The zero-order valence-corrected chi connectivity index (χ0v) is 20.5. The Morgan fingerprint density at radius 1 is 1.10 bits per heavy atom. The van der Waals surface area contributed by atoms with Crippen molar-refractivity contribution in [2.24, 2.45) is 0 Å². The van der Waals surface area contributed by atoms with E-state index in [9.17, 15) is 9.59 Å². The van der Waals surface area contributed by atoms with Gasteiger partial charge in [0.05, 0.1) is 24.7 Å². The Hall–Kier alpha value is -2.26. The maximum atomic E-state index is 12.9. The second kappa shape index (κ2) is 10.9. The van der Waals surface area contributed by atoms with Crippen molar-refractivity contribution in [3.05, 3.63) is 74.2 Å². The minimum atomic E-state index is -0.286. The Kier molecular flexibility index (Phi) is 8.20. The quantitative estimate of drug-likeness (QED) is 0.217. The van der Waals surface area contributed by atoms with Crippen LogP contribution in [0.2, 0.25) is 0 Å². The van der Waals surface area contributed by atoms with Gasteiger partial charge in [-0.15, -0.1) is 6.58 Å². The van der Waals surface area contributed by atoms with Gasteiger partial charge in [-0.1, -0.05) is 18.2 Å². The van der Waals surface area contributed by atoms with Crippen molar-refractivity contribution in [1.29, 1.82) is 0 Å². The molecule has 7 heteroatoms. The average Bonchev–Trinajstić information content (AvgIpc) is 3.00. The third kappa shape index (κ3) is 5.71. The van der Waals surface area contributed by atoms with E-state index in [0.29, 0.717) is 36.0 Å². The molecule has 162 valence electrons. The summed E-state index contributed by atoms with van der Waals surface area (Å²) in [5.74, 6) is 1.02. The minimum Gasteiger partial charge on any atom is -0.490 e. The fourth-order valence-corrected chi connectivity index (χ4v) is 4.40. The molecule has 2 amide bonds. The van der Waals surface area contributed by atoms with Crippen LogP contribution in [0.5, 0.6) is 11.5 Å². The lowest BCUT2D eigenvalue weighted by Crippen LogP contribution is -2.27. The lowest BCUT2D eigenvalue weighted by Gasteiger charge is -2.16. The first kappa shape index (κ1) is 23.4. The highest BCUT2D eigenvalue weighted by Gasteiger charge is 2.35. The summed E-state index contributed by atoms with van der Waals surface area (Å²) in [5.41, 5.74) is 2.62. The monoisotopic (exact) mass is 549 g/mol. The highest BCUT2D eigenvalue weighted by atomic mass is 127. The molecule has 0 atom stereocenters. The number of hydrogen-bond acceptors (Lipinski definition) is 5. The van der Waals surface area contributed by atoms with Crippen LogP contribution in [0, 0.1) is 3.57 Å². The number of nitrogens with zero attached hydrogens (tertiary/aromatic N) is 1. The molecule has 5 nitrogen and oxygen atoms in total. The molecule has 3 rings (SSSR count). The van der Waals surface area contributed by atoms with Crippen molar-refractivity contribution in [2.45, 2.75) is 26.8 Å². The smallest absolute Gasteiger partial charge is 0.293 e. The van der Waals surface area contributed by atoms with Crippen LogP contribution in [0.1, 0.15) is 30.5 Å². The Balaban J connectivity index is 1.91. The molecule has 1 aliphatic rings. The van der Waals surface area contributed by atoms with Gasteiger partial charge < -0.3 is 9.47 Å². The molecule has 1 fully saturated rings. The summed E-state index contributed by atoms with van der Waals surface area (Å²) in [6, 6.07) is 11.6. The molecule has 0 bridgehead atoms. The van der Waals surface area contributed by atoms with Crippen LogP contribution < -0.4 is 9.47 Å². The van der Waals surface area contributed by atoms with Crippen LogP contribution in [-0.2, 0) is 17.8 Å². The van der Waals surface area contributed by atoms with Crippen LogP contribution in [-0.4, -0.2) is 29.3 Å². The molecule has 0 radical (unpaired) electrons. The molecular formula is C24H24INO4S. The number of carbonyl (C=O) groups is 2. The van der Waals surface area contributed by atoms with Crippen molar-refractivity contribution < 1.29 is 19.1 Å². The molecular weight excluding hydrogens is 525 g/mol. The lowest BCUT2D eigenvalue weighted by molar-refractivity contribution is -0.123. The number of hydrogen-bond donors (Lipinski definition) is 0. The first-order valence-electron chi connectivity index (χ1n) is 10.00. The molecule has 0 aromatic heterocycles. The molecule has 1 aliphatic heterocycles. The third-order valence-corrected chi connectivity index (χ3v) is 6.16. The molecule has 1 heterocycles. The van der Waals surface area contributed by atoms with Crippen molar-refractivity contribution in [2.75, 3.05) is 13.2 Å². The summed E-state index contributed by atoms with van der Waals surface area (Å²) in [4.78, 5) is 27.1. The number of rotatable bonds is 9. The number of allylic oxidation sites excluding steroid dienone is 1. The van der Waals surface area contributed by atoms with E-state index in [-0.39, 0.29) is 17.7 Å². The van der Waals surface area contributed by atoms with Crippen LogP contribution in [0.25, 0.3) is 6.08 Å². The predicted molar refractivity (Wildman–Crippen MR) is 133 cm³/mol. The highest BCUT2D eigenvalue weighted by Crippen LogP contribution is 2.37. The van der Waals surface area contributed by atoms with Gasteiger partial charge >= 0.3 is 0 Å². The Morgan fingerprint density at radius 2 is 1.81 bits per heavy atom. The minimum absolute atomic E-state index is 0.258. The van der Waals surface area contributed by atoms with Gasteiger partial charge in [0.15, 0.2) is 11.5 Å². The number of imide groups is 1. The van der Waals surface area contributed by atoms with Gasteiger partial charge in [0.25, 0.3) is 11.1 Å². The first-order chi connectivity index (χ1) is 15.0. The maximum Gasteiger partial charge on any atom is 0.293 e.